The fraction of sp³-hybridized carbons (Fsp3) is 0.278. The molecule has 0 fully saturated rings. The van der Waals surface area contributed by atoms with Gasteiger partial charge in [0, 0.05) is 23.1 Å². The second-order valence-electron chi connectivity index (χ2n) is 5.91. The van der Waals surface area contributed by atoms with Crippen LogP contribution in [0.5, 0.6) is 5.88 Å². The van der Waals surface area contributed by atoms with Crippen LogP contribution in [0.3, 0.4) is 0 Å². The minimum Gasteiger partial charge on any atom is -0.447 e. The van der Waals surface area contributed by atoms with Crippen molar-refractivity contribution in [1.29, 1.82) is 0 Å². The number of aromatic nitrogens is 3. The summed E-state index contributed by atoms with van der Waals surface area (Å²) in [5, 5.41) is 12.7. The summed E-state index contributed by atoms with van der Waals surface area (Å²) < 4.78 is 13.4. The first kappa shape index (κ1) is 18.8. The summed E-state index contributed by atoms with van der Waals surface area (Å²) in [5.74, 6) is 2.01. The molecule has 0 amide bonds. The van der Waals surface area contributed by atoms with Gasteiger partial charge in [-0.05, 0) is 44.3 Å². The Morgan fingerprint density at radius 2 is 2.07 bits per heavy atom. The van der Waals surface area contributed by atoms with Crippen LogP contribution in [0.2, 0.25) is 0 Å². The number of para-hydroxylation sites is 1. The zero-order valence-electron chi connectivity index (χ0n) is 14.4. The number of unbranched alkanes of at least 4 members (excludes halogenated alkanes) is 1. The molecule has 1 aliphatic heterocycles. The zero-order chi connectivity index (χ0) is 18.8. The first-order valence-electron chi connectivity index (χ1n) is 8.50. The molecule has 2 aromatic heterocycles. The van der Waals surface area contributed by atoms with Gasteiger partial charge in [0.05, 0.1) is 4.47 Å². The van der Waals surface area contributed by atoms with Crippen molar-refractivity contribution in [2.75, 3.05) is 11.1 Å². The highest BCUT2D eigenvalue weighted by Gasteiger charge is 2.28. The molecule has 1 aliphatic rings. The van der Waals surface area contributed by atoms with E-state index in [1.165, 1.54) is 0 Å². The molecule has 4 rings (SSSR count). The molecule has 0 saturated carbocycles. The van der Waals surface area contributed by atoms with E-state index in [2.05, 4.69) is 59.3 Å². The molecule has 3 heterocycles. The maximum atomic E-state index is 6.17. The van der Waals surface area contributed by atoms with Gasteiger partial charge in [0.15, 0.2) is 16.1 Å². The number of halogens is 2. The fourth-order valence-electron chi connectivity index (χ4n) is 2.64. The summed E-state index contributed by atoms with van der Waals surface area (Å²) in [5.41, 5.74) is 2.39. The number of benzene rings is 1. The third-order valence-electron chi connectivity index (χ3n) is 3.99. The van der Waals surface area contributed by atoms with Crippen LogP contribution in [0.1, 0.15) is 31.8 Å². The van der Waals surface area contributed by atoms with Crippen LogP contribution in [0.15, 0.2) is 49.0 Å². The van der Waals surface area contributed by atoms with E-state index in [0.717, 1.165) is 34.3 Å². The van der Waals surface area contributed by atoms with E-state index in [1.807, 2.05) is 30.3 Å². The van der Waals surface area contributed by atoms with Crippen molar-refractivity contribution in [2.45, 2.75) is 31.1 Å². The average Bonchev–Trinajstić information content (AvgIpc) is 2.92. The van der Waals surface area contributed by atoms with Gasteiger partial charge in [-0.25, -0.2) is 0 Å². The number of thioether (sulfide) groups is 1. The maximum Gasteiger partial charge on any atom is 0.247 e. The monoisotopic (exact) mass is 510 g/mol. The van der Waals surface area contributed by atoms with Gasteiger partial charge >= 0.3 is 0 Å². The van der Waals surface area contributed by atoms with Crippen LogP contribution in [0, 0.1) is 0 Å². The third kappa shape index (κ3) is 4.00. The van der Waals surface area contributed by atoms with Crippen LogP contribution in [0.4, 0.5) is 5.69 Å². The Labute approximate surface area is 177 Å². The Kier molecular flexibility index (Phi) is 5.70. The van der Waals surface area contributed by atoms with Crippen molar-refractivity contribution >= 4 is 49.3 Å². The van der Waals surface area contributed by atoms with Gasteiger partial charge in [-0.2, -0.15) is 4.98 Å². The topological polar surface area (TPSA) is 73.1 Å². The van der Waals surface area contributed by atoms with Crippen molar-refractivity contribution in [3.05, 3.63) is 45.2 Å². The van der Waals surface area contributed by atoms with Crippen LogP contribution in [-0.4, -0.2) is 20.9 Å². The first-order chi connectivity index (χ1) is 13.2. The largest absolute Gasteiger partial charge is 0.447 e. The van der Waals surface area contributed by atoms with Gasteiger partial charge in [-0.3, -0.25) is 0 Å². The zero-order valence-corrected chi connectivity index (χ0v) is 18.4. The number of hydrogen-bond acceptors (Lipinski definition) is 7. The lowest BCUT2D eigenvalue weighted by Crippen LogP contribution is -2.16. The van der Waals surface area contributed by atoms with Gasteiger partial charge in [0.25, 0.3) is 0 Å². The van der Waals surface area contributed by atoms with E-state index in [9.17, 15) is 0 Å². The summed E-state index contributed by atoms with van der Waals surface area (Å²) in [6.07, 6.45) is 1.69. The number of nitrogens with zero attached hydrogens (tertiary/aromatic N) is 3. The maximum absolute atomic E-state index is 6.17. The standard InChI is InChI=1S/C18H16Br2N4O2S/c1-2-3-8-27-18-22-17-14(23-24-18)10-6-4-5-7-12(10)21-16(26-17)13-9-11(19)15(20)25-13/h4-7,9,16,21H,2-3,8H2,1H3/t16-/m0/s1. The third-order valence-corrected chi connectivity index (χ3v) is 6.62. The molecule has 9 heteroatoms. The van der Waals surface area contributed by atoms with Crippen LogP contribution >= 0.6 is 43.6 Å². The first-order valence-corrected chi connectivity index (χ1v) is 11.1. The van der Waals surface area contributed by atoms with E-state index < -0.39 is 6.23 Å². The normalized spacial score (nSPS) is 15.3. The summed E-state index contributed by atoms with van der Waals surface area (Å²) in [4.78, 5) is 4.61. The average molecular weight is 512 g/mol. The molecule has 0 bridgehead atoms. The second kappa shape index (κ2) is 8.20. The Hall–Kier alpha value is -1.58. The van der Waals surface area contributed by atoms with Gasteiger partial charge in [0.2, 0.25) is 17.3 Å². The molecule has 1 aromatic carbocycles. The number of ether oxygens (including phenoxy) is 1. The Balaban J connectivity index is 1.74. The van der Waals surface area contributed by atoms with E-state index in [-0.39, 0.29) is 0 Å². The second-order valence-corrected chi connectivity index (χ2v) is 8.55. The van der Waals surface area contributed by atoms with Crippen molar-refractivity contribution in [3.63, 3.8) is 0 Å². The quantitative estimate of drug-likeness (QED) is 0.330. The molecule has 1 atom stereocenters. The summed E-state index contributed by atoms with van der Waals surface area (Å²) >= 11 is 8.41. The lowest BCUT2D eigenvalue weighted by Gasteiger charge is -2.16. The molecule has 140 valence electrons. The van der Waals surface area contributed by atoms with Gasteiger partial charge < -0.3 is 14.5 Å². The van der Waals surface area contributed by atoms with E-state index >= 15 is 0 Å². The molecule has 0 aliphatic carbocycles. The van der Waals surface area contributed by atoms with E-state index in [0.29, 0.717) is 27.2 Å². The smallest absolute Gasteiger partial charge is 0.247 e. The molecule has 3 aromatic rings. The highest BCUT2D eigenvalue weighted by molar-refractivity contribution is 9.13. The number of rotatable bonds is 5. The number of hydrogen-bond donors (Lipinski definition) is 1. The van der Waals surface area contributed by atoms with E-state index in [1.54, 1.807) is 11.8 Å². The molecule has 0 spiro atoms. The number of furan rings is 1. The Morgan fingerprint density at radius 1 is 1.22 bits per heavy atom. The van der Waals surface area contributed by atoms with Crippen LogP contribution < -0.4 is 10.1 Å². The van der Waals surface area contributed by atoms with Crippen molar-refractivity contribution in [1.82, 2.24) is 15.2 Å². The van der Waals surface area contributed by atoms with Crippen molar-refractivity contribution in [2.24, 2.45) is 0 Å². The number of anilines is 1. The highest BCUT2D eigenvalue weighted by atomic mass is 79.9. The molecule has 0 unspecified atom stereocenters. The molecule has 0 radical (unpaired) electrons. The predicted molar refractivity (Wildman–Crippen MR) is 112 cm³/mol. The predicted octanol–water partition coefficient (Wildman–Crippen LogP) is 6.05. The summed E-state index contributed by atoms with van der Waals surface area (Å²) in [6, 6.07) is 9.72. The SMILES string of the molecule is CCCCSc1nnc2c(n1)O[C@@H](c1cc(Br)c(Br)o1)Nc1ccccc1-2. The van der Waals surface area contributed by atoms with Crippen LogP contribution in [0.25, 0.3) is 11.3 Å². The van der Waals surface area contributed by atoms with Gasteiger partial charge in [-0.15, -0.1) is 10.2 Å². The molecule has 1 N–H and O–H groups in total. The number of nitrogens with one attached hydrogen (secondary N) is 1. The van der Waals surface area contributed by atoms with Crippen LogP contribution in [-0.2, 0) is 0 Å². The molecule has 0 saturated heterocycles. The minimum absolute atomic E-state index is 0.440. The molecular weight excluding hydrogens is 496 g/mol. The Morgan fingerprint density at radius 3 is 2.85 bits per heavy atom. The van der Waals surface area contributed by atoms with Crippen molar-refractivity contribution < 1.29 is 9.15 Å². The van der Waals surface area contributed by atoms with Gasteiger partial charge in [-0.1, -0.05) is 43.3 Å². The minimum atomic E-state index is -0.541. The highest BCUT2D eigenvalue weighted by Crippen LogP contribution is 2.41. The summed E-state index contributed by atoms with van der Waals surface area (Å²) in [6.45, 7) is 2.16. The van der Waals surface area contributed by atoms with Gasteiger partial charge in [0.1, 0.15) is 0 Å². The lowest BCUT2D eigenvalue weighted by atomic mass is 10.1. The summed E-state index contributed by atoms with van der Waals surface area (Å²) in [7, 11) is 0. The lowest BCUT2D eigenvalue weighted by molar-refractivity contribution is 0.194. The van der Waals surface area contributed by atoms with Crippen molar-refractivity contribution in [3.8, 4) is 17.1 Å². The molecule has 27 heavy (non-hydrogen) atoms. The van der Waals surface area contributed by atoms with E-state index in [4.69, 9.17) is 9.15 Å². The fourth-order valence-corrected chi connectivity index (χ4v) is 4.11. The molecular formula is C18H16Br2N4O2S. The Bertz CT molecular complexity index is 947. The number of fused-ring (bicyclic) bond motifs is 3. The molecule has 6 nitrogen and oxygen atoms in total.